The Hall–Kier alpha value is -3.19. The van der Waals surface area contributed by atoms with Crippen molar-refractivity contribution in [3.63, 3.8) is 0 Å². The van der Waals surface area contributed by atoms with Crippen LogP contribution in [-0.2, 0) is 35.6 Å². The Kier molecular flexibility index (Phi) is 4.98. The fourth-order valence-electron chi connectivity index (χ4n) is 5.09. The summed E-state index contributed by atoms with van der Waals surface area (Å²) in [5, 5.41) is 2.35. The second kappa shape index (κ2) is 7.81. The van der Waals surface area contributed by atoms with Crippen LogP contribution in [0.1, 0.15) is 51.9 Å². The molecule has 1 fully saturated rings. The minimum Gasteiger partial charge on any atom is -0.367 e. The third-order valence-corrected chi connectivity index (χ3v) is 6.57. The summed E-state index contributed by atoms with van der Waals surface area (Å²) in [5.74, 6) is -0.784. The molecule has 1 unspecified atom stereocenters. The van der Waals surface area contributed by atoms with Crippen LogP contribution in [0.15, 0.2) is 36.4 Å². The van der Waals surface area contributed by atoms with Gasteiger partial charge >= 0.3 is 0 Å². The van der Waals surface area contributed by atoms with Crippen molar-refractivity contribution < 1.29 is 14.4 Å². The van der Waals surface area contributed by atoms with E-state index in [-0.39, 0.29) is 24.1 Å². The average Bonchev–Trinajstić information content (AvgIpc) is 3.09. The van der Waals surface area contributed by atoms with Gasteiger partial charge in [-0.3, -0.25) is 19.7 Å². The number of piperidine rings is 1. The molecule has 2 aromatic carbocycles. The highest BCUT2D eigenvalue weighted by Crippen LogP contribution is 2.33. The van der Waals surface area contributed by atoms with Gasteiger partial charge in [0.25, 0.3) is 5.91 Å². The van der Waals surface area contributed by atoms with Crippen molar-refractivity contribution in [1.29, 1.82) is 0 Å². The van der Waals surface area contributed by atoms with Crippen LogP contribution in [0.5, 0.6) is 0 Å². The highest BCUT2D eigenvalue weighted by Gasteiger charge is 2.39. The lowest BCUT2D eigenvalue weighted by Gasteiger charge is -2.33. The van der Waals surface area contributed by atoms with Gasteiger partial charge in [0.05, 0.1) is 0 Å². The molecule has 3 amide bonds. The summed E-state index contributed by atoms with van der Waals surface area (Å²) in [7, 11) is 0. The van der Waals surface area contributed by atoms with Gasteiger partial charge in [0.1, 0.15) is 6.04 Å². The van der Waals surface area contributed by atoms with Crippen molar-refractivity contribution in [2.75, 3.05) is 11.4 Å². The lowest BCUT2D eigenvalue weighted by atomic mass is 9.96. The van der Waals surface area contributed by atoms with E-state index in [2.05, 4.69) is 34.5 Å². The standard InChI is InChI=1S/C24H26N4O3/c25-12-17-4-1-3-16-5-2-10-27(22(16)17)13-15-6-7-19-18(11-15)14-28(24(19)31)20-8-9-21(29)26-23(20)30/h1,3-4,6-7,11,20H,2,5,8-10,12-14,25H2,(H,26,29,30). The predicted octanol–water partition coefficient (Wildman–Crippen LogP) is 1.86. The Morgan fingerprint density at radius 1 is 1.06 bits per heavy atom. The monoisotopic (exact) mass is 418 g/mol. The van der Waals surface area contributed by atoms with Crippen molar-refractivity contribution in [2.45, 2.75) is 51.4 Å². The van der Waals surface area contributed by atoms with E-state index >= 15 is 0 Å². The van der Waals surface area contributed by atoms with E-state index in [0.717, 1.165) is 42.6 Å². The minimum atomic E-state index is -0.581. The molecule has 0 bridgehead atoms. The third kappa shape index (κ3) is 3.49. The van der Waals surface area contributed by atoms with Gasteiger partial charge in [-0.2, -0.15) is 0 Å². The van der Waals surface area contributed by atoms with Gasteiger partial charge in [0, 0.05) is 43.9 Å². The number of hydrogen-bond donors (Lipinski definition) is 2. The van der Waals surface area contributed by atoms with Crippen LogP contribution in [0, 0.1) is 0 Å². The van der Waals surface area contributed by atoms with E-state index in [1.807, 2.05) is 12.1 Å². The number of aryl methyl sites for hydroxylation is 1. The number of nitrogens with zero attached hydrogens (tertiary/aromatic N) is 2. The van der Waals surface area contributed by atoms with Crippen LogP contribution in [-0.4, -0.2) is 35.2 Å². The first-order valence-electron chi connectivity index (χ1n) is 10.9. The van der Waals surface area contributed by atoms with Gasteiger partial charge in [0.15, 0.2) is 0 Å². The Morgan fingerprint density at radius 3 is 2.74 bits per heavy atom. The summed E-state index contributed by atoms with van der Waals surface area (Å²) in [5.41, 5.74) is 12.5. The summed E-state index contributed by atoms with van der Waals surface area (Å²) in [6.45, 7) is 2.64. The number of anilines is 1. The molecule has 1 atom stereocenters. The third-order valence-electron chi connectivity index (χ3n) is 6.57. The molecule has 1 saturated heterocycles. The van der Waals surface area contributed by atoms with Gasteiger partial charge in [-0.1, -0.05) is 30.3 Å². The lowest BCUT2D eigenvalue weighted by Crippen LogP contribution is -2.52. The maximum absolute atomic E-state index is 12.9. The molecule has 0 saturated carbocycles. The fourth-order valence-corrected chi connectivity index (χ4v) is 5.09. The van der Waals surface area contributed by atoms with Crippen LogP contribution in [0.2, 0.25) is 0 Å². The zero-order valence-corrected chi connectivity index (χ0v) is 17.4. The summed E-state index contributed by atoms with van der Waals surface area (Å²) >= 11 is 0. The van der Waals surface area contributed by atoms with E-state index in [1.165, 1.54) is 11.3 Å². The van der Waals surface area contributed by atoms with Crippen molar-refractivity contribution in [3.8, 4) is 0 Å². The molecule has 3 aliphatic heterocycles. The van der Waals surface area contributed by atoms with Gasteiger partial charge in [-0.15, -0.1) is 0 Å². The number of benzene rings is 2. The predicted molar refractivity (Wildman–Crippen MR) is 116 cm³/mol. The largest absolute Gasteiger partial charge is 0.367 e. The number of carbonyl (C=O) groups is 3. The number of imide groups is 1. The van der Waals surface area contributed by atoms with Gasteiger partial charge in [0.2, 0.25) is 11.8 Å². The maximum Gasteiger partial charge on any atom is 0.255 e. The Labute approximate surface area is 181 Å². The van der Waals surface area contributed by atoms with Gasteiger partial charge in [-0.25, -0.2) is 0 Å². The first-order valence-corrected chi connectivity index (χ1v) is 10.9. The van der Waals surface area contributed by atoms with Gasteiger partial charge < -0.3 is 15.5 Å². The fraction of sp³-hybridized carbons (Fsp3) is 0.375. The highest BCUT2D eigenvalue weighted by molar-refractivity contribution is 6.05. The van der Waals surface area contributed by atoms with Crippen molar-refractivity contribution in [3.05, 3.63) is 64.2 Å². The van der Waals surface area contributed by atoms with Crippen molar-refractivity contribution in [1.82, 2.24) is 10.2 Å². The highest BCUT2D eigenvalue weighted by atomic mass is 16.2. The number of amides is 3. The van der Waals surface area contributed by atoms with E-state index in [1.54, 1.807) is 4.90 Å². The summed E-state index contributed by atoms with van der Waals surface area (Å²) in [4.78, 5) is 40.6. The molecule has 7 nitrogen and oxygen atoms in total. The minimum absolute atomic E-state index is 0.134. The molecular formula is C24H26N4O3. The number of para-hydroxylation sites is 1. The second-order valence-electron chi connectivity index (χ2n) is 8.55. The molecular weight excluding hydrogens is 392 g/mol. The summed E-state index contributed by atoms with van der Waals surface area (Å²) in [6.07, 6.45) is 2.82. The number of nitrogens with one attached hydrogen (secondary N) is 1. The van der Waals surface area contributed by atoms with Crippen molar-refractivity contribution >= 4 is 23.4 Å². The number of nitrogens with two attached hydrogens (primary N) is 1. The zero-order valence-electron chi connectivity index (χ0n) is 17.4. The molecule has 31 heavy (non-hydrogen) atoms. The molecule has 3 heterocycles. The Morgan fingerprint density at radius 2 is 1.94 bits per heavy atom. The molecule has 0 aliphatic carbocycles. The number of carbonyl (C=O) groups excluding carboxylic acids is 3. The summed E-state index contributed by atoms with van der Waals surface area (Å²) in [6, 6.07) is 11.7. The van der Waals surface area contributed by atoms with Crippen LogP contribution >= 0.6 is 0 Å². The molecule has 5 rings (SSSR count). The number of rotatable bonds is 4. The van der Waals surface area contributed by atoms with Crippen LogP contribution in [0.25, 0.3) is 0 Å². The van der Waals surface area contributed by atoms with E-state index in [9.17, 15) is 14.4 Å². The number of hydrogen-bond acceptors (Lipinski definition) is 5. The van der Waals surface area contributed by atoms with Crippen LogP contribution in [0.3, 0.4) is 0 Å². The van der Waals surface area contributed by atoms with E-state index < -0.39 is 6.04 Å². The molecule has 2 aromatic rings. The van der Waals surface area contributed by atoms with Crippen LogP contribution in [0.4, 0.5) is 5.69 Å². The summed E-state index contributed by atoms with van der Waals surface area (Å²) < 4.78 is 0. The van der Waals surface area contributed by atoms with Gasteiger partial charge in [-0.05, 0) is 47.6 Å². The van der Waals surface area contributed by atoms with Crippen molar-refractivity contribution in [2.24, 2.45) is 5.73 Å². The molecule has 160 valence electrons. The smallest absolute Gasteiger partial charge is 0.255 e. The molecule has 0 spiro atoms. The molecule has 3 aliphatic rings. The molecule has 7 heteroatoms. The first-order chi connectivity index (χ1) is 15.0. The van der Waals surface area contributed by atoms with E-state index in [4.69, 9.17) is 5.73 Å². The van der Waals surface area contributed by atoms with E-state index in [0.29, 0.717) is 25.1 Å². The Balaban J connectivity index is 1.37. The van der Waals surface area contributed by atoms with Crippen LogP contribution < -0.4 is 16.0 Å². The maximum atomic E-state index is 12.9. The molecule has 0 radical (unpaired) electrons. The first kappa shape index (κ1) is 19.8. The SMILES string of the molecule is NCc1cccc2c1N(Cc1ccc3c(c1)CN(C1CCC(=O)NC1=O)C3=O)CCC2. The topological polar surface area (TPSA) is 95.7 Å². The number of fused-ring (bicyclic) bond motifs is 2. The normalized spacial score (nSPS) is 20.5. The zero-order chi connectivity index (χ0) is 21.5. The molecule has 3 N–H and O–H groups in total. The Bertz CT molecular complexity index is 1070. The quantitative estimate of drug-likeness (QED) is 0.739. The second-order valence-corrected chi connectivity index (χ2v) is 8.55. The molecule has 0 aromatic heterocycles. The lowest BCUT2D eigenvalue weighted by molar-refractivity contribution is -0.136. The average molecular weight is 418 g/mol.